The van der Waals surface area contributed by atoms with Gasteiger partial charge < -0.3 is 5.32 Å². The van der Waals surface area contributed by atoms with Crippen molar-refractivity contribution in [2.24, 2.45) is 0 Å². The number of rotatable bonds is 3. The molecule has 0 amide bonds. The van der Waals surface area contributed by atoms with E-state index < -0.39 is 0 Å². The van der Waals surface area contributed by atoms with Gasteiger partial charge in [-0.15, -0.1) is 0 Å². The van der Waals surface area contributed by atoms with E-state index in [4.69, 9.17) is 0 Å². The van der Waals surface area contributed by atoms with Crippen molar-refractivity contribution >= 4 is 0 Å². The second-order valence-corrected chi connectivity index (χ2v) is 5.19. The summed E-state index contributed by atoms with van der Waals surface area (Å²) < 4.78 is 12.9. The van der Waals surface area contributed by atoms with Gasteiger partial charge in [0, 0.05) is 12.1 Å². The standard InChI is InChI=1S/C14H20FN/c1-11-9-13(15)6-5-12(11)10-16-14(2)7-3-4-8-14/h5-6,9,16H,3-4,7-8,10H2,1-2H3. The molecular weight excluding hydrogens is 201 g/mol. The first-order chi connectivity index (χ1) is 7.59. The lowest BCUT2D eigenvalue weighted by atomic mass is 9.99. The summed E-state index contributed by atoms with van der Waals surface area (Å²) in [5.41, 5.74) is 2.53. The van der Waals surface area contributed by atoms with Crippen LogP contribution in [0.4, 0.5) is 4.39 Å². The van der Waals surface area contributed by atoms with Crippen LogP contribution in [0.2, 0.25) is 0 Å². The summed E-state index contributed by atoms with van der Waals surface area (Å²) in [7, 11) is 0. The van der Waals surface area contributed by atoms with E-state index in [2.05, 4.69) is 12.2 Å². The second kappa shape index (κ2) is 4.54. The fourth-order valence-corrected chi connectivity index (χ4v) is 2.50. The molecule has 0 radical (unpaired) electrons. The Morgan fingerprint density at radius 3 is 2.62 bits per heavy atom. The molecule has 0 aromatic heterocycles. The Bertz CT molecular complexity index is 367. The number of aryl methyl sites for hydroxylation is 1. The molecule has 1 fully saturated rings. The molecule has 0 bridgehead atoms. The van der Waals surface area contributed by atoms with Gasteiger partial charge in [-0.3, -0.25) is 0 Å². The molecule has 2 heteroatoms. The van der Waals surface area contributed by atoms with Crippen molar-refractivity contribution in [3.8, 4) is 0 Å². The lowest BCUT2D eigenvalue weighted by Crippen LogP contribution is -2.38. The first kappa shape index (κ1) is 11.6. The lowest BCUT2D eigenvalue weighted by Gasteiger charge is -2.25. The first-order valence-corrected chi connectivity index (χ1v) is 6.09. The first-order valence-electron chi connectivity index (χ1n) is 6.09. The van der Waals surface area contributed by atoms with E-state index in [0.29, 0.717) is 5.54 Å². The van der Waals surface area contributed by atoms with Crippen LogP contribution in [-0.2, 0) is 6.54 Å². The van der Waals surface area contributed by atoms with Gasteiger partial charge in [-0.05, 0) is 49.9 Å². The van der Waals surface area contributed by atoms with Gasteiger partial charge in [-0.1, -0.05) is 18.9 Å². The third kappa shape index (κ3) is 2.62. The van der Waals surface area contributed by atoms with E-state index in [-0.39, 0.29) is 5.82 Å². The highest BCUT2D eigenvalue weighted by atomic mass is 19.1. The molecular formula is C14H20FN. The van der Waals surface area contributed by atoms with Crippen molar-refractivity contribution in [3.63, 3.8) is 0 Å². The van der Waals surface area contributed by atoms with Crippen molar-refractivity contribution < 1.29 is 4.39 Å². The number of hydrogen-bond acceptors (Lipinski definition) is 1. The third-order valence-electron chi connectivity index (χ3n) is 3.72. The Labute approximate surface area is 97.1 Å². The Hall–Kier alpha value is -0.890. The van der Waals surface area contributed by atoms with Crippen LogP contribution >= 0.6 is 0 Å². The summed E-state index contributed by atoms with van der Waals surface area (Å²) in [6, 6.07) is 5.03. The minimum atomic E-state index is -0.145. The van der Waals surface area contributed by atoms with Crippen LogP contribution in [-0.4, -0.2) is 5.54 Å². The molecule has 1 N–H and O–H groups in total. The average Bonchev–Trinajstić information content (AvgIpc) is 2.64. The normalized spacial score (nSPS) is 18.9. The number of halogens is 1. The van der Waals surface area contributed by atoms with E-state index >= 15 is 0 Å². The zero-order valence-corrected chi connectivity index (χ0v) is 10.1. The average molecular weight is 221 g/mol. The van der Waals surface area contributed by atoms with Gasteiger partial charge in [0.25, 0.3) is 0 Å². The van der Waals surface area contributed by atoms with Crippen molar-refractivity contribution in [1.82, 2.24) is 5.32 Å². The lowest BCUT2D eigenvalue weighted by molar-refractivity contribution is 0.362. The Balaban J connectivity index is 1.99. The van der Waals surface area contributed by atoms with E-state index in [1.54, 1.807) is 12.1 Å². The molecule has 1 aromatic carbocycles. The molecule has 2 rings (SSSR count). The van der Waals surface area contributed by atoms with Crippen LogP contribution in [0, 0.1) is 12.7 Å². The molecule has 1 aliphatic rings. The summed E-state index contributed by atoms with van der Waals surface area (Å²) in [6.45, 7) is 5.11. The number of hydrogen-bond donors (Lipinski definition) is 1. The smallest absolute Gasteiger partial charge is 0.123 e. The van der Waals surface area contributed by atoms with Crippen LogP contribution < -0.4 is 5.32 Å². The summed E-state index contributed by atoms with van der Waals surface area (Å²) >= 11 is 0. The minimum absolute atomic E-state index is 0.145. The van der Waals surface area contributed by atoms with E-state index in [1.807, 2.05) is 13.0 Å². The summed E-state index contributed by atoms with van der Waals surface area (Å²) in [6.07, 6.45) is 5.16. The maximum Gasteiger partial charge on any atom is 0.123 e. The van der Waals surface area contributed by atoms with Crippen LogP contribution in [0.25, 0.3) is 0 Å². The second-order valence-electron chi connectivity index (χ2n) is 5.19. The highest BCUT2D eigenvalue weighted by Crippen LogP contribution is 2.29. The molecule has 1 aliphatic carbocycles. The molecule has 1 aromatic rings. The quantitative estimate of drug-likeness (QED) is 0.823. The van der Waals surface area contributed by atoms with Gasteiger partial charge in [0.05, 0.1) is 0 Å². The SMILES string of the molecule is Cc1cc(F)ccc1CNC1(C)CCCC1. The van der Waals surface area contributed by atoms with Crippen LogP contribution in [0.1, 0.15) is 43.7 Å². The molecule has 0 spiro atoms. The number of nitrogens with one attached hydrogen (secondary N) is 1. The van der Waals surface area contributed by atoms with Crippen LogP contribution in [0.3, 0.4) is 0 Å². The van der Waals surface area contributed by atoms with Gasteiger partial charge >= 0.3 is 0 Å². The fraction of sp³-hybridized carbons (Fsp3) is 0.571. The maximum absolute atomic E-state index is 12.9. The topological polar surface area (TPSA) is 12.0 Å². The van der Waals surface area contributed by atoms with Crippen molar-refractivity contribution in [3.05, 3.63) is 35.1 Å². The maximum atomic E-state index is 12.9. The zero-order chi connectivity index (χ0) is 11.6. The zero-order valence-electron chi connectivity index (χ0n) is 10.1. The van der Waals surface area contributed by atoms with Crippen molar-refractivity contribution in [1.29, 1.82) is 0 Å². The monoisotopic (exact) mass is 221 g/mol. The largest absolute Gasteiger partial charge is 0.307 e. The molecule has 0 aliphatic heterocycles. The molecule has 16 heavy (non-hydrogen) atoms. The Morgan fingerprint density at radius 2 is 2.00 bits per heavy atom. The van der Waals surface area contributed by atoms with Gasteiger partial charge in [-0.2, -0.15) is 0 Å². The van der Waals surface area contributed by atoms with Crippen LogP contribution in [0.15, 0.2) is 18.2 Å². The van der Waals surface area contributed by atoms with Gasteiger partial charge in [0.15, 0.2) is 0 Å². The Morgan fingerprint density at radius 1 is 1.31 bits per heavy atom. The van der Waals surface area contributed by atoms with E-state index in [9.17, 15) is 4.39 Å². The molecule has 0 atom stereocenters. The summed E-state index contributed by atoms with van der Waals surface area (Å²) in [5.74, 6) is -0.145. The molecule has 1 saturated carbocycles. The van der Waals surface area contributed by atoms with E-state index in [1.165, 1.54) is 31.2 Å². The molecule has 88 valence electrons. The minimum Gasteiger partial charge on any atom is -0.307 e. The van der Waals surface area contributed by atoms with Crippen LogP contribution in [0.5, 0.6) is 0 Å². The molecule has 0 heterocycles. The predicted molar refractivity (Wildman–Crippen MR) is 64.8 cm³/mol. The predicted octanol–water partition coefficient (Wildman–Crippen LogP) is 3.56. The Kier molecular flexibility index (Phi) is 3.29. The van der Waals surface area contributed by atoms with E-state index in [0.717, 1.165) is 12.1 Å². The fourth-order valence-electron chi connectivity index (χ4n) is 2.50. The summed E-state index contributed by atoms with van der Waals surface area (Å²) in [4.78, 5) is 0. The highest BCUT2D eigenvalue weighted by molar-refractivity contribution is 5.26. The third-order valence-corrected chi connectivity index (χ3v) is 3.72. The van der Waals surface area contributed by atoms with Gasteiger partial charge in [0.1, 0.15) is 5.82 Å². The highest BCUT2D eigenvalue weighted by Gasteiger charge is 2.27. The van der Waals surface area contributed by atoms with Crippen molar-refractivity contribution in [2.75, 3.05) is 0 Å². The number of benzene rings is 1. The molecule has 0 unspecified atom stereocenters. The van der Waals surface area contributed by atoms with Gasteiger partial charge in [-0.25, -0.2) is 4.39 Å². The molecule has 0 saturated heterocycles. The molecule has 1 nitrogen and oxygen atoms in total. The van der Waals surface area contributed by atoms with Gasteiger partial charge in [0.2, 0.25) is 0 Å². The summed E-state index contributed by atoms with van der Waals surface area (Å²) in [5, 5.41) is 3.61. The van der Waals surface area contributed by atoms with Crippen molar-refractivity contribution in [2.45, 2.75) is 51.6 Å².